The fourth-order valence-corrected chi connectivity index (χ4v) is 4.16. The van der Waals surface area contributed by atoms with E-state index < -0.39 is 5.97 Å². The van der Waals surface area contributed by atoms with Crippen LogP contribution >= 0.6 is 11.6 Å². The maximum Gasteiger partial charge on any atom is 0.336 e. The Labute approximate surface area is 202 Å². The van der Waals surface area contributed by atoms with E-state index in [9.17, 15) is 14.4 Å². The average Bonchev–Trinajstić information content (AvgIpc) is 3.09. The van der Waals surface area contributed by atoms with Crippen LogP contribution in [0.3, 0.4) is 0 Å². The summed E-state index contributed by atoms with van der Waals surface area (Å²) in [5.41, 5.74) is 3.76. The number of Topliss-reactive ketones (excluding diaryl/α,β-unsaturated/α-hetero) is 2. The Morgan fingerprint density at radius 1 is 0.912 bits per heavy atom. The predicted molar refractivity (Wildman–Crippen MR) is 134 cm³/mol. The van der Waals surface area contributed by atoms with E-state index in [0.717, 1.165) is 11.3 Å². The summed E-state index contributed by atoms with van der Waals surface area (Å²) >= 11 is 6.05. The van der Waals surface area contributed by atoms with Gasteiger partial charge in [-0.25, -0.2) is 4.79 Å². The zero-order valence-corrected chi connectivity index (χ0v) is 19.7. The normalized spacial score (nSPS) is 11.2. The van der Waals surface area contributed by atoms with E-state index in [1.165, 1.54) is 19.9 Å². The van der Waals surface area contributed by atoms with Crippen LogP contribution in [0.4, 0.5) is 0 Å². The highest BCUT2D eigenvalue weighted by Crippen LogP contribution is 2.35. The van der Waals surface area contributed by atoms with Crippen LogP contribution < -0.4 is 4.74 Å². The van der Waals surface area contributed by atoms with E-state index in [4.69, 9.17) is 16.3 Å². The maximum atomic E-state index is 12.6. The van der Waals surface area contributed by atoms with E-state index in [0.29, 0.717) is 27.2 Å². The fraction of sp³-hybridized carbons (Fsp3) is 0.107. The highest BCUT2D eigenvalue weighted by atomic mass is 35.5. The molecule has 0 atom stereocenters. The van der Waals surface area contributed by atoms with Crippen molar-refractivity contribution in [3.63, 3.8) is 0 Å². The largest absolute Gasteiger partial charge is 0.423 e. The second-order valence-electron chi connectivity index (χ2n) is 7.92. The molecular weight excluding hydrogens is 450 g/mol. The van der Waals surface area contributed by atoms with Crippen molar-refractivity contribution in [3.8, 4) is 11.4 Å². The molecule has 6 heteroatoms. The van der Waals surface area contributed by atoms with Gasteiger partial charge in [-0.1, -0.05) is 41.9 Å². The molecule has 1 heterocycles. The first kappa shape index (κ1) is 23.2. The summed E-state index contributed by atoms with van der Waals surface area (Å²) in [6.45, 7) is 4.74. The van der Waals surface area contributed by atoms with Crippen molar-refractivity contribution in [2.75, 3.05) is 0 Å². The van der Waals surface area contributed by atoms with Gasteiger partial charge >= 0.3 is 5.97 Å². The van der Waals surface area contributed by atoms with Gasteiger partial charge in [-0.3, -0.25) is 9.59 Å². The summed E-state index contributed by atoms with van der Waals surface area (Å²) in [6.07, 6.45) is 2.94. The Bertz CT molecular complexity index is 1450. The van der Waals surface area contributed by atoms with Crippen molar-refractivity contribution in [3.05, 3.63) is 100 Å². The standard InChI is InChI=1S/C28H22ClNO4/c1-17-28(19(3)32)24-16-26(34-27(33)14-9-20-7-5-4-6-8-20)23(18(2)31)15-25(24)30(17)22-12-10-21(29)11-13-22/h4-16H,1-3H3/b14-9+. The van der Waals surface area contributed by atoms with Crippen LogP contribution in [0.2, 0.25) is 5.02 Å². The van der Waals surface area contributed by atoms with Gasteiger partial charge in [0, 0.05) is 33.4 Å². The van der Waals surface area contributed by atoms with E-state index in [-0.39, 0.29) is 22.9 Å². The van der Waals surface area contributed by atoms with E-state index >= 15 is 0 Å². The molecule has 4 aromatic rings. The molecule has 0 unspecified atom stereocenters. The van der Waals surface area contributed by atoms with Crippen molar-refractivity contribution < 1.29 is 19.1 Å². The van der Waals surface area contributed by atoms with Gasteiger partial charge in [0.05, 0.1) is 11.1 Å². The Morgan fingerprint density at radius 2 is 1.59 bits per heavy atom. The van der Waals surface area contributed by atoms with Crippen LogP contribution in [-0.2, 0) is 4.79 Å². The summed E-state index contributed by atoms with van der Waals surface area (Å²) < 4.78 is 7.46. The van der Waals surface area contributed by atoms with Crippen molar-refractivity contribution in [1.82, 2.24) is 4.57 Å². The minimum absolute atomic E-state index is 0.110. The van der Waals surface area contributed by atoms with Crippen LogP contribution in [0.15, 0.2) is 72.8 Å². The average molecular weight is 472 g/mol. The quantitative estimate of drug-likeness (QED) is 0.137. The van der Waals surface area contributed by atoms with Crippen molar-refractivity contribution in [2.24, 2.45) is 0 Å². The lowest BCUT2D eigenvalue weighted by atomic mass is 10.0. The first-order chi connectivity index (χ1) is 16.3. The zero-order valence-electron chi connectivity index (χ0n) is 19.0. The molecule has 0 bridgehead atoms. The molecule has 0 saturated carbocycles. The zero-order chi connectivity index (χ0) is 24.4. The fourth-order valence-electron chi connectivity index (χ4n) is 4.04. The van der Waals surface area contributed by atoms with Crippen LogP contribution in [0.5, 0.6) is 5.75 Å². The molecule has 0 amide bonds. The van der Waals surface area contributed by atoms with Gasteiger partial charge in [0.2, 0.25) is 0 Å². The van der Waals surface area contributed by atoms with Crippen LogP contribution in [0, 0.1) is 6.92 Å². The minimum atomic E-state index is -0.621. The third kappa shape index (κ3) is 4.56. The highest BCUT2D eigenvalue weighted by molar-refractivity contribution is 6.30. The van der Waals surface area contributed by atoms with E-state index in [1.54, 1.807) is 30.3 Å². The predicted octanol–water partition coefficient (Wildman–Crippen LogP) is 6.62. The van der Waals surface area contributed by atoms with Crippen molar-refractivity contribution >= 4 is 46.1 Å². The molecule has 5 nitrogen and oxygen atoms in total. The minimum Gasteiger partial charge on any atom is -0.423 e. The van der Waals surface area contributed by atoms with Gasteiger partial charge in [-0.15, -0.1) is 0 Å². The molecule has 4 rings (SSSR count). The third-order valence-electron chi connectivity index (χ3n) is 5.54. The number of fused-ring (bicyclic) bond motifs is 1. The summed E-state index contributed by atoms with van der Waals surface area (Å²) in [5, 5.41) is 1.19. The Balaban J connectivity index is 1.84. The van der Waals surface area contributed by atoms with Gasteiger partial charge in [0.25, 0.3) is 0 Å². The number of carbonyl (C=O) groups excluding carboxylic acids is 3. The number of carbonyl (C=O) groups is 3. The lowest BCUT2D eigenvalue weighted by Crippen LogP contribution is -2.08. The molecular formula is C28H22ClNO4. The van der Waals surface area contributed by atoms with Crippen LogP contribution in [0.1, 0.15) is 45.8 Å². The number of ether oxygens (including phenoxy) is 1. The molecule has 1 aromatic heterocycles. The molecule has 0 spiro atoms. The van der Waals surface area contributed by atoms with Gasteiger partial charge < -0.3 is 9.30 Å². The van der Waals surface area contributed by atoms with E-state index in [2.05, 4.69) is 0 Å². The summed E-state index contributed by atoms with van der Waals surface area (Å²) in [4.78, 5) is 37.6. The Hall–Kier alpha value is -3.96. The summed E-state index contributed by atoms with van der Waals surface area (Å²) in [6, 6.07) is 19.8. The van der Waals surface area contributed by atoms with E-state index in [1.807, 2.05) is 54.0 Å². The lowest BCUT2D eigenvalue weighted by molar-refractivity contribution is -0.128. The van der Waals surface area contributed by atoms with Gasteiger partial charge in [-0.05, 0) is 68.8 Å². The van der Waals surface area contributed by atoms with Crippen molar-refractivity contribution in [2.45, 2.75) is 20.8 Å². The second kappa shape index (κ2) is 9.49. The molecule has 0 saturated heterocycles. The number of rotatable bonds is 6. The number of benzene rings is 3. The second-order valence-corrected chi connectivity index (χ2v) is 8.35. The summed E-state index contributed by atoms with van der Waals surface area (Å²) in [5.74, 6) is -0.905. The molecule has 0 aliphatic rings. The van der Waals surface area contributed by atoms with Crippen LogP contribution in [0.25, 0.3) is 22.7 Å². The topological polar surface area (TPSA) is 65.4 Å². The molecule has 0 aliphatic heterocycles. The number of halogens is 1. The van der Waals surface area contributed by atoms with Crippen molar-refractivity contribution in [1.29, 1.82) is 0 Å². The molecule has 0 fully saturated rings. The number of hydrogen-bond acceptors (Lipinski definition) is 4. The first-order valence-electron chi connectivity index (χ1n) is 10.7. The smallest absolute Gasteiger partial charge is 0.336 e. The number of aromatic nitrogens is 1. The molecule has 0 aliphatic carbocycles. The number of esters is 1. The van der Waals surface area contributed by atoms with Gasteiger partial charge in [0.1, 0.15) is 5.75 Å². The molecule has 34 heavy (non-hydrogen) atoms. The Kier molecular flexibility index (Phi) is 6.48. The first-order valence-corrected chi connectivity index (χ1v) is 11.1. The summed E-state index contributed by atoms with van der Waals surface area (Å²) in [7, 11) is 0. The lowest BCUT2D eigenvalue weighted by Gasteiger charge is -2.11. The molecule has 170 valence electrons. The number of nitrogens with zero attached hydrogens (tertiary/aromatic N) is 1. The van der Waals surface area contributed by atoms with Crippen LogP contribution in [-0.4, -0.2) is 22.1 Å². The van der Waals surface area contributed by atoms with Gasteiger partial charge in [0.15, 0.2) is 11.6 Å². The molecule has 0 radical (unpaired) electrons. The monoisotopic (exact) mass is 471 g/mol. The maximum absolute atomic E-state index is 12.6. The number of hydrogen-bond donors (Lipinski definition) is 0. The number of ketones is 2. The van der Waals surface area contributed by atoms with Gasteiger partial charge in [-0.2, -0.15) is 0 Å². The Morgan fingerprint density at radius 3 is 2.21 bits per heavy atom. The highest BCUT2D eigenvalue weighted by Gasteiger charge is 2.23. The molecule has 0 N–H and O–H groups in total. The molecule has 3 aromatic carbocycles. The third-order valence-corrected chi connectivity index (χ3v) is 5.80. The SMILES string of the molecule is CC(=O)c1cc2c(cc1OC(=O)/C=C/c1ccccc1)c(C(C)=O)c(C)n2-c1ccc(Cl)cc1.